The molecule has 28 heavy (non-hydrogen) atoms. The number of benzene rings is 1. The van der Waals surface area contributed by atoms with E-state index in [1.807, 2.05) is 24.3 Å². The van der Waals surface area contributed by atoms with Gasteiger partial charge in [-0.15, -0.1) is 0 Å². The highest BCUT2D eigenvalue weighted by Crippen LogP contribution is 2.55. The smallest absolute Gasteiger partial charge is 0.121 e. The molecule has 3 atom stereocenters. The molecule has 2 aliphatic rings. The molecule has 0 radical (unpaired) electrons. The van der Waals surface area contributed by atoms with Gasteiger partial charge >= 0.3 is 0 Å². The molecule has 2 fully saturated rings. The molecule has 1 saturated heterocycles. The number of hydrogen-bond donors (Lipinski definition) is 1. The number of nitrogens with zero attached hydrogens (tertiary/aromatic N) is 2. The summed E-state index contributed by atoms with van der Waals surface area (Å²) < 4.78 is 0.967. The van der Waals surface area contributed by atoms with E-state index in [1.165, 1.54) is 0 Å². The van der Waals surface area contributed by atoms with Crippen LogP contribution in [0.4, 0.5) is 0 Å². The van der Waals surface area contributed by atoms with Gasteiger partial charge in [0.2, 0.25) is 0 Å². The maximum Gasteiger partial charge on any atom is 0.121 e. The fourth-order valence-corrected chi connectivity index (χ4v) is 5.74. The van der Waals surface area contributed by atoms with Crippen molar-refractivity contribution in [1.82, 2.24) is 9.80 Å². The van der Waals surface area contributed by atoms with Gasteiger partial charge in [0.1, 0.15) is 11.9 Å². The summed E-state index contributed by atoms with van der Waals surface area (Å²) in [7, 11) is 2.14. The second kappa shape index (κ2) is 8.17. The summed E-state index contributed by atoms with van der Waals surface area (Å²) >= 11 is 3.58. The van der Waals surface area contributed by atoms with Crippen LogP contribution in [0.1, 0.15) is 52.0 Å². The lowest BCUT2D eigenvalue weighted by Crippen LogP contribution is -2.69. The van der Waals surface area contributed by atoms with Crippen molar-refractivity contribution in [3.8, 4) is 0 Å². The number of rotatable bonds is 4. The van der Waals surface area contributed by atoms with E-state index in [0.29, 0.717) is 18.8 Å². The Bertz CT molecular complexity index is 696. The van der Waals surface area contributed by atoms with Crippen molar-refractivity contribution in [1.29, 1.82) is 0 Å². The van der Waals surface area contributed by atoms with E-state index in [9.17, 15) is 9.90 Å². The third-order valence-corrected chi connectivity index (χ3v) is 7.76. The first-order chi connectivity index (χ1) is 13.1. The zero-order chi connectivity index (χ0) is 20.6. The van der Waals surface area contributed by atoms with Gasteiger partial charge in [0.15, 0.2) is 0 Å². The number of carbonyl (C=O) groups excluding carboxylic acids is 1. The number of aldehydes is 1. The molecular weight excluding hydrogens is 416 g/mol. The fraction of sp³-hybridized carbons (Fsp3) is 0.696. The van der Waals surface area contributed by atoms with Crippen LogP contribution in [0.25, 0.3) is 0 Å². The lowest BCUT2D eigenvalue weighted by atomic mass is 9.56. The minimum Gasteiger partial charge on any atom is -0.383 e. The van der Waals surface area contributed by atoms with Gasteiger partial charge in [-0.05, 0) is 55.3 Å². The highest BCUT2D eigenvalue weighted by atomic mass is 79.9. The second-order valence-electron chi connectivity index (χ2n) is 9.87. The molecule has 1 heterocycles. The SMILES string of the molecule is CN1CCN(C2(CC=O)CC(C(C)(C)C)CCC2(O)c2cccc(Br)c2)CC1. The van der Waals surface area contributed by atoms with Crippen LogP contribution in [-0.4, -0.2) is 60.0 Å². The summed E-state index contributed by atoms with van der Waals surface area (Å²) in [5.74, 6) is 0.472. The number of likely N-dealkylation sites (N-methyl/N-ethyl adjacent to an activating group) is 1. The fourth-order valence-electron chi connectivity index (χ4n) is 5.34. The van der Waals surface area contributed by atoms with Gasteiger partial charge in [-0.1, -0.05) is 48.8 Å². The Balaban J connectivity index is 2.11. The maximum atomic E-state index is 12.3. The summed E-state index contributed by atoms with van der Waals surface area (Å²) in [4.78, 5) is 16.7. The third kappa shape index (κ3) is 3.96. The molecule has 3 rings (SSSR count). The Morgan fingerprint density at radius 3 is 2.50 bits per heavy atom. The molecule has 0 bridgehead atoms. The predicted octanol–water partition coefficient (Wildman–Crippen LogP) is 4.06. The highest BCUT2D eigenvalue weighted by Gasteiger charge is 2.59. The van der Waals surface area contributed by atoms with Crippen LogP contribution < -0.4 is 0 Å². The van der Waals surface area contributed by atoms with Crippen LogP contribution in [0.3, 0.4) is 0 Å². The molecule has 0 spiro atoms. The average molecular weight is 451 g/mol. The number of hydrogen-bond acceptors (Lipinski definition) is 4. The summed E-state index contributed by atoms with van der Waals surface area (Å²) in [6.07, 6.45) is 3.91. The van der Waals surface area contributed by atoms with Gasteiger partial charge in [-0.2, -0.15) is 0 Å². The van der Waals surface area contributed by atoms with E-state index < -0.39 is 11.1 Å². The number of halogens is 1. The second-order valence-corrected chi connectivity index (χ2v) is 10.8. The van der Waals surface area contributed by atoms with Gasteiger partial charge in [0, 0.05) is 37.1 Å². The van der Waals surface area contributed by atoms with E-state index in [0.717, 1.165) is 55.3 Å². The molecule has 1 N–H and O–H groups in total. The van der Waals surface area contributed by atoms with Crippen molar-refractivity contribution in [2.45, 2.75) is 57.6 Å². The Kier molecular flexibility index (Phi) is 6.41. The monoisotopic (exact) mass is 450 g/mol. The average Bonchev–Trinajstić information content (AvgIpc) is 2.63. The lowest BCUT2D eigenvalue weighted by Gasteiger charge is -2.60. The molecule has 0 aromatic heterocycles. The number of carbonyl (C=O) groups is 1. The number of aliphatic hydroxyl groups is 1. The molecule has 5 heteroatoms. The van der Waals surface area contributed by atoms with Crippen LogP contribution in [0.2, 0.25) is 0 Å². The van der Waals surface area contributed by atoms with Crippen molar-refractivity contribution in [2.75, 3.05) is 33.2 Å². The van der Waals surface area contributed by atoms with Gasteiger partial charge in [-0.25, -0.2) is 0 Å². The third-order valence-electron chi connectivity index (χ3n) is 7.27. The van der Waals surface area contributed by atoms with Crippen LogP contribution in [0.5, 0.6) is 0 Å². The Hall–Kier alpha value is -0.750. The van der Waals surface area contributed by atoms with Gasteiger partial charge in [0.05, 0.1) is 5.54 Å². The normalized spacial score (nSPS) is 33.0. The van der Waals surface area contributed by atoms with Crippen molar-refractivity contribution in [2.24, 2.45) is 11.3 Å². The molecular formula is C23H35BrN2O2. The quantitative estimate of drug-likeness (QED) is 0.702. The highest BCUT2D eigenvalue weighted by molar-refractivity contribution is 9.10. The standard InChI is InChI=1S/C23H35BrN2O2/c1-21(2,3)19-8-9-23(28,18-6-5-7-20(24)16-18)22(17-19,10-15-27)26-13-11-25(4)12-14-26/h5-7,15-16,19,28H,8-14,17H2,1-4H3. The molecule has 156 valence electrons. The van der Waals surface area contributed by atoms with E-state index in [4.69, 9.17) is 0 Å². The van der Waals surface area contributed by atoms with Crippen molar-refractivity contribution < 1.29 is 9.90 Å². The predicted molar refractivity (Wildman–Crippen MR) is 117 cm³/mol. The summed E-state index contributed by atoms with van der Waals surface area (Å²) in [5, 5.41) is 12.3. The van der Waals surface area contributed by atoms with Gasteiger partial charge in [0.25, 0.3) is 0 Å². The summed E-state index contributed by atoms with van der Waals surface area (Å²) in [6, 6.07) is 8.04. The van der Waals surface area contributed by atoms with Crippen LogP contribution in [0, 0.1) is 11.3 Å². The largest absolute Gasteiger partial charge is 0.383 e. The van der Waals surface area contributed by atoms with E-state index >= 15 is 0 Å². The first kappa shape index (κ1) is 21.9. The Labute approximate surface area is 178 Å². The van der Waals surface area contributed by atoms with Crippen LogP contribution in [-0.2, 0) is 10.4 Å². The summed E-state index contributed by atoms with van der Waals surface area (Å²) in [6.45, 7) is 10.6. The zero-order valence-corrected chi connectivity index (χ0v) is 19.3. The zero-order valence-electron chi connectivity index (χ0n) is 17.7. The molecule has 1 aliphatic carbocycles. The van der Waals surface area contributed by atoms with Crippen LogP contribution >= 0.6 is 15.9 Å². The van der Waals surface area contributed by atoms with Crippen molar-refractivity contribution in [3.63, 3.8) is 0 Å². The van der Waals surface area contributed by atoms with E-state index in [1.54, 1.807) is 0 Å². The van der Waals surface area contributed by atoms with Crippen LogP contribution in [0.15, 0.2) is 28.7 Å². The topological polar surface area (TPSA) is 43.8 Å². The molecule has 1 aliphatic heterocycles. The molecule has 0 amide bonds. The maximum absolute atomic E-state index is 12.3. The lowest BCUT2D eigenvalue weighted by molar-refractivity contribution is -0.177. The number of piperazine rings is 1. The van der Waals surface area contributed by atoms with E-state index in [-0.39, 0.29) is 5.41 Å². The minimum absolute atomic E-state index is 0.152. The Morgan fingerprint density at radius 2 is 1.93 bits per heavy atom. The molecule has 3 unspecified atom stereocenters. The molecule has 1 aromatic rings. The summed E-state index contributed by atoms with van der Waals surface area (Å²) in [5.41, 5.74) is -0.517. The van der Waals surface area contributed by atoms with Crippen molar-refractivity contribution >= 4 is 22.2 Å². The first-order valence-corrected chi connectivity index (χ1v) is 11.3. The molecule has 4 nitrogen and oxygen atoms in total. The molecule has 1 saturated carbocycles. The van der Waals surface area contributed by atoms with Crippen molar-refractivity contribution in [3.05, 3.63) is 34.3 Å². The minimum atomic E-state index is -1.03. The van der Waals surface area contributed by atoms with Gasteiger partial charge in [-0.3, -0.25) is 4.90 Å². The first-order valence-electron chi connectivity index (χ1n) is 10.5. The van der Waals surface area contributed by atoms with Gasteiger partial charge < -0.3 is 14.8 Å². The van der Waals surface area contributed by atoms with E-state index in [2.05, 4.69) is 53.5 Å². The molecule has 1 aromatic carbocycles. The Morgan fingerprint density at radius 1 is 1.25 bits per heavy atom.